The average molecular weight is 348 g/mol. The lowest BCUT2D eigenvalue weighted by atomic mass is 10.1. The van der Waals surface area contributed by atoms with Crippen molar-refractivity contribution in [3.05, 3.63) is 27.2 Å². The Morgan fingerprint density at radius 1 is 1.44 bits per heavy atom. The molecule has 1 N–H and O–H groups in total. The second-order valence-corrected chi connectivity index (χ2v) is 5.38. The second kappa shape index (κ2) is 6.31. The maximum atomic E-state index is 9.82. The van der Waals surface area contributed by atoms with Crippen LogP contribution in [0.1, 0.15) is 18.6 Å². The molecule has 0 aliphatic carbocycles. The van der Waals surface area contributed by atoms with Crippen molar-refractivity contribution in [2.45, 2.75) is 17.9 Å². The summed E-state index contributed by atoms with van der Waals surface area (Å²) in [7, 11) is 0. The number of halogens is 4. The molecule has 90 valence electrons. The van der Waals surface area contributed by atoms with Crippen LogP contribution in [0, 0.1) is 0 Å². The van der Waals surface area contributed by atoms with E-state index in [1.807, 2.05) is 6.92 Å². The number of aliphatic hydroxyl groups excluding tert-OH is 1. The predicted molar refractivity (Wildman–Crippen MR) is 70.8 cm³/mol. The van der Waals surface area contributed by atoms with Crippen LogP contribution in [-0.2, 0) is 0 Å². The van der Waals surface area contributed by atoms with E-state index in [0.717, 1.165) is 0 Å². The summed E-state index contributed by atoms with van der Waals surface area (Å²) in [5.74, 6) is 0.496. The molecule has 0 aromatic heterocycles. The highest BCUT2D eigenvalue weighted by atomic mass is 79.9. The monoisotopic (exact) mass is 346 g/mol. The topological polar surface area (TPSA) is 29.5 Å². The molecule has 0 saturated heterocycles. The van der Waals surface area contributed by atoms with E-state index in [2.05, 4.69) is 15.9 Å². The minimum Gasteiger partial charge on any atom is -0.492 e. The molecule has 0 aliphatic heterocycles. The number of hydrogen-bond acceptors (Lipinski definition) is 2. The minimum atomic E-state index is -1.06. The Labute approximate surface area is 118 Å². The van der Waals surface area contributed by atoms with Crippen LogP contribution in [0.5, 0.6) is 5.75 Å². The molecule has 0 saturated carbocycles. The van der Waals surface area contributed by atoms with Gasteiger partial charge in [-0.2, -0.15) is 0 Å². The standard InChI is InChI=1S/C10H10BrCl3O2/c1-2-16-6-4-3-5(11)7(8(6)12)9(15)10(13)14/h3-4,9-10,15H,2H2,1H3. The fraction of sp³-hybridized carbons (Fsp3) is 0.400. The summed E-state index contributed by atoms with van der Waals surface area (Å²) in [5.41, 5.74) is 0.433. The van der Waals surface area contributed by atoms with Crippen molar-refractivity contribution in [3.8, 4) is 5.75 Å². The first kappa shape index (κ1) is 14.4. The average Bonchev–Trinajstić information content (AvgIpc) is 2.22. The van der Waals surface area contributed by atoms with Crippen LogP contribution in [0.15, 0.2) is 16.6 Å². The summed E-state index contributed by atoms with van der Waals surface area (Å²) >= 11 is 20.6. The summed E-state index contributed by atoms with van der Waals surface area (Å²) in [6, 6.07) is 3.44. The largest absolute Gasteiger partial charge is 0.492 e. The lowest BCUT2D eigenvalue weighted by molar-refractivity contribution is 0.191. The molecule has 0 amide bonds. The van der Waals surface area contributed by atoms with Crippen LogP contribution in [0.4, 0.5) is 0 Å². The van der Waals surface area contributed by atoms with E-state index in [1.54, 1.807) is 12.1 Å². The summed E-state index contributed by atoms with van der Waals surface area (Å²) < 4.78 is 5.95. The highest BCUT2D eigenvalue weighted by molar-refractivity contribution is 9.10. The number of alkyl halides is 2. The third kappa shape index (κ3) is 3.17. The molecule has 2 nitrogen and oxygen atoms in total. The third-order valence-corrected chi connectivity index (χ3v) is 3.48. The van der Waals surface area contributed by atoms with Crippen LogP contribution >= 0.6 is 50.7 Å². The van der Waals surface area contributed by atoms with Gasteiger partial charge in [-0.3, -0.25) is 0 Å². The first-order valence-corrected chi connectivity index (χ1v) is 6.60. The molecule has 1 unspecified atom stereocenters. The van der Waals surface area contributed by atoms with Crippen LogP contribution in [0.2, 0.25) is 5.02 Å². The Kier molecular flexibility index (Phi) is 5.68. The van der Waals surface area contributed by atoms with E-state index in [1.165, 1.54) is 0 Å². The Bertz CT molecular complexity index is 371. The maximum Gasteiger partial charge on any atom is 0.138 e. The van der Waals surface area contributed by atoms with Gasteiger partial charge in [0, 0.05) is 10.0 Å². The van der Waals surface area contributed by atoms with Gasteiger partial charge in [0.1, 0.15) is 16.7 Å². The van der Waals surface area contributed by atoms with Crippen molar-refractivity contribution in [2.75, 3.05) is 6.61 Å². The molecule has 0 spiro atoms. The van der Waals surface area contributed by atoms with E-state index in [-0.39, 0.29) is 0 Å². The van der Waals surface area contributed by atoms with E-state index in [0.29, 0.717) is 27.4 Å². The van der Waals surface area contributed by atoms with Gasteiger partial charge < -0.3 is 9.84 Å². The fourth-order valence-electron chi connectivity index (χ4n) is 1.21. The molecule has 1 aromatic carbocycles. The Morgan fingerprint density at radius 2 is 2.06 bits per heavy atom. The second-order valence-electron chi connectivity index (χ2n) is 2.99. The van der Waals surface area contributed by atoms with Gasteiger partial charge in [0.05, 0.1) is 11.6 Å². The molecule has 1 atom stereocenters. The zero-order chi connectivity index (χ0) is 12.3. The van der Waals surface area contributed by atoms with Gasteiger partial charge in [-0.05, 0) is 19.1 Å². The van der Waals surface area contributed by atoms with Crippen molar-refractivity contribution in [1.29, 1.82) is 0 Å². The molecule has 16 heavy (non-hydrogen) atoms. The van der Waals surface area contributed by atoms with Crippen molar-refractivity contribution in [2.24, 2.45) is 0 Å². The molecule has 1 aromatic rings. The van der Waals surface area contributed by atoms with E-state index in [4.69, 9.17) is 39.5 Å². The summed E-state index contributed by atoms with van der Waals surface area (Å²) in [5, 5.41) is 10.1. The molecular formula is C10H10BrCl3O2. The summed E-state index contributed by atoms with van der Waals surface area (Å²) in [4.78, 5) is -0.953. The highest BCUT2D eigenvalue weighted by Crippen LogP contribution is 2.40. The Hall–Kier alpha value is 0.330. The number of ether oxygens (including phenoxy) is 1. The normalized spacial score (nSPS) is 12.9. The van der Waals surface area contributed by atoms with Crippen LogP contribution in [0.3, 0.4) is 0 Å². The van der Waals surface area contributed by atoms with Crippen LogP contribution < -0.4 is 4.74 Å². The Balaban J connectivity index is 3.20. The lowest BCUT2D eigenvalue weighted by Gasteiger charge is -2.17. The molecular weight excluding hydrogens is 338 g/mol. The number of rotatable bonds is 4. The molecule has 0 radical (unpaired) electrons. The number of hydrogen-bond donors (Lipinski definition) is 1. The SMILES string of the molecule is CCOc1ccc(Br)c(C(O)C(Cl)Cl)c1Cl. The van der Waals surface area contributed by atoms with Crippen molar-refractivity contribution >= 4 is 50.7 Å². The lowest BCUT2D eigenvalue weighted by Crippen LogP contribution is -2.08. The summed E-state index contributed by atoms with van der Waals surface area (Å²) in [6.45, 7) is 2.34. The summed E-state index contributed by atoms with van der Waals surface area (Å²) in [6.07, 6.45) is -1.06. The van der Waals surface area contributed by atoms with E-state index >= 15 is 0 Å². The predicted octanol–water partition coefficient (Wildman–Crippen LogP) is 4.34. The van der Waals surface area contributed by atoms with Crippen molar-refractivity contribution in [3.63, 3.8) is 0 Å². The maximum absolute atomic E-state index is 9.82. The van der Waals surface area contributed by atoms with Gasteiger partial charge in [-0.15, -0.1) is 23.2 Å². The minimum absolute atomic E-state index is 0.315. The zero-order valence-electron chi connectivity index (χ0n) is 8.38. The Morgan fingerprint density at radius 3 is 2.56 bits per heavy atom. The number of aliphatic hydroxyl groups is 1. The zero-order valence-corrected chi connectivity index (χ0v) is 12.2. The smallest absolute Gasteiger partial charge is 0.138 e. The first-order chi connectivity index (χ1) is 7.49. The van der Waals surface area contributed by atoms with Gasteiger partial charge in [-0.25, -0.2) is 0 Å². The molecule has 0 fully saturated rings. The molecule has 0 aliphatic rings. The van der Waals surface area contributed by atoms with Crippen molar-refractivity contribution < 1.29 is 9.84 Å². The van der Waals surface area contributed by atoms with Gasteiger partial charge in [0.15, 0.2) is 0 Å². The quantitative estimate of drug-likeness (QED) is 0.820. The first-order valence-electron chi connectivity index (χ1n) is 4.56. The van der Waals surface area contributed by atoms with Gasteiger partial charge >= 0.3 is 0 Å². The van der Waals surface area contributed by atoms with Gasteiger partial charge in [0.2, 0.25) is 0 Å². The third-order valence-electron chi connectivity index (χ3n) is 1.93. The fourth-order valence-corrected chi connectivity index (χ4v) is 2.48. The van der Waals surface area contributed by atoms with Crippen LogP contribution in [0.25, 0.3) is 0 Å². The molecule has 0 bridgehead atoms. The van der Waals surface area contributed by atoms with Gasteiger partial charge in [0.25, 0.3) is 0 Å². The van der Waals surface area contributed by atoms with Crippen LogP contribution in [-0.4, -0.2) is 16.5 Å². The number of benzene rings is 1. The molecule has 6 heteroatoms. The molecule has 1 rings (SSSR count). The van der Waals surface area contributed by atoms with Gasteiger partial charge in [-0.1, -0.05) is 27.5 Å². The molecule has 0 heterocycles. The van der Waals surface area contributed by atoms with E-state index < -0.39 is 10.9 Å². The van der Waals surface area contributed by atoms with Crippen molar-refractivity contribution in [1.82, 2.24) is 0 Å². The highest BCUT2D eigenvalue weighted by Gasteiger charge is 2.23. The van der Waals surface area contributed by atoms with E-state index in [9.17, 15) is 5.11 Å².